The van der Waals surface area contributed by atoms with Crippen molar-refractivity contribution in [2.75, 3.05) is 31.1 Å². The summed E-state index contributed by atoms with van der Waals surface area (Å²) < 4.78 is 0. The summed E-state index contributed by atoms with van der Waals surface area (Å²) in [6, 6.07) is 8.31. The van der Waals surface area contributed by atoms with Gasteiger partial charge in [0.05, 0.1) is 11.3 Å². The number of fused-ring (bicyclic) bond motifs is 1. The number of rotatable bonds is 1. The fraction of sp³-hybridized carbons (Fsp3) is 0.500. The van der Waals surface area contributed by atoms with Crippen molar-refractivity contribution >= 4 is 5.69 Å². The van der Waals surface area contributed by atoms with E-state index in [1.54, 1.807) is 0 Å². The van der Waals surface area contributed by atoms with Gasteiger partial charge in [-0.3, -0.25) is 0 Å². The number of hydrogen-bond donors (Lipinski definition) is 1. The highest BCUT2D eigenvalue weighted by molar-refractivity contribution is 5.64. The SMILES string of the molecule is Cc1cccc(C#N)c1N1CC2CNCC2C1. The van der Waals surface area contributed by atoms with Gasteiger partial charge in [0.2, 0.25) is 0 Å². The largest absolute Gasteiger partial charge is 0.370 e. The highest BCUT2D eigenvalue weighted by atomic mass is 15.2. The van der Waals surface area contributed by atoms with Crippen LogP contribution in [-0.4, -0.2) is 26.2 Å². The first-order chi connectivity index (χ1) is 8.29. The number of para-hydroxylation sites is 1. The Morgan fingerprint density at radius 1 is 1.29 bits per heavy atom. The molecule has 3 nitrogen and oxygen atoms in total. The molecule has 2 heterocycles. The van der Waals surface area contributed by atoms with Crippen LogP contribution in [-0.2, 0) is 0 Å². The second-order valence-electron chi connectivity index (χ2n) is 5.17. The maximum absolute atomic E-state index is 9.22. The van der Waals surface area contributed by atoms with E-state index in [-0.39, 0.29) is 0 Å². The van der Waals surface area contributed by atoms with Crippen LogP contribution in [0.15, 0.2) is 18.2 Å². The van der Waals surface area contributed by atoms with E-state index in [9.17, 15) is 5.26 Å². The Labute approximate surface area is 102 Å². The van der Waals surface area contributed by atoms with Crippen molar-refractivity contribution in [2.24, 2.45) is 11.8 Å². The van der Waals surface area contributed by atoms with Crippen molar-refractivity contribution in [3.8, 4) is 6.07 Å². The van der Waals surface area contributed by atoms with Gasteiger partial charge in [-0.1, -0.05) is 12.1 Å². The lowest BCUT2D eigenvalue weighted by atomic mass is 10.0. The van der Waals surface area contributed by atoms with Crippen molar-refractivity contribution < 1.29 is 0 Å². The normalized spacial score (nSPS) is 26.9. The number of hydrogen-bond acceptors (Lipinski definition) is 3. The van der Waals surface area contributed by atoms with Gasteiger partial charge in [-0.2, -0.15) is 5.26 Å². The van der Waals surface area contributed by atoms with Crippen molar-refractivity contribution in [3.63, 3.8) is 0 Å². The molecule has 2 fully saturated rings. The third-order valence-electron chi connectivity index (χ3n) is 4.06. The molecule has 1 aromatic rings. The van der Waals surface area contributed by atoms with Crippen molar-refractivity contribution in [1.82, 2.24) is 5.32 Å². The summed E-state index contributed by atoms with van der Waals surface area (Å²) in [5.41, 5.74) is 3.19. The molecule has 2 unspecified atom stereocenters. The van der Waals surface area contributed by atoms with Crippen LogP contribution in [0.5, 0.6) is 0 Å². The molecule has 3 rings (SSSR count). The van der Waals surface area contributed by atoms with Crippen molar-refractivity contribution in [1.29, 1.82) is 5.26 Å². The number of benzene rings is 1. The van der Waals surface area contributed by atoms with Gasteiger partial charge < -0.3 is 10.2 Å². The highest BCUT2D eigenvalue weighted by Gasteiger charge is 2.37. The molecule has 2 saturated heterocycles. The Morgan fingerprint density at radius 2 is 2.00 bits per heavy atom. The predicted molar refractivity (Wildman–Crippen MR) is 68.0 cm³/mol. The Morgan fingerprint density at radius 3 is 2.65 bits per heavy atom. The second-order valence-corrected chi connectivity index (χ2v) is 5.17. The zero-order valence-corrected chi connectivity index (χ0v) is 10.1. The number of anilines is 1. The smallest absolute Gasteiger partial charge is 0.101 e. The molecule has 1 aromatic carbocycles. The van der Waals surface area contributed by atoms with E-state index in [1.807, 2.05) is 12.1 Å². The minimum absolute atomic E-state index is 0.765. The Kier molecular flexibility index (Phi) is 2.53. The molecule has 0 aliphatic carbocycles. The maximum Gasteiger partial charge on any atom is 0.101 e. The molecule has 0 amide bonds. The lowest BCUT2D eigenvalue weighted by Crippen LogP contribution is -2.26. The maximum atomic E-state index is 9.22. The first-order valence-corrected chi connectivity index (χ1v) is 6.25. The third kappa shape index (κ3) is 1.69. The summed E-state index contributed by atoms with van der Waals surface area (Å²) in [5.74, 6) is 1.53. The average molecular weight is 227 g/mol. The molecule has 0 saturated carbocycles. The number of aryl methyl sites for hydroxylation is 1. The first-order valence-electron chi connectivity index (χ1n) is 6.25. The topological polar surface area (TPSA) is 39.1 Å². The lowest BCUT2D eigenvalue weighted by molar-refractivity contribution is 0.533. The second kappa shape index (κ2) is 4.05. The zero-order valence-electron chi connectivity index (χ0n) is 10.1. The van der Waals surface area contributed by atoms with Crippen molar-refractivity contribution in [2.45, 2.75) is 6.92 Å². The van der Waals surface area contributed by atoms with Gasteiger partial charge in [-0.15, -0.1) is 0 Å². The Hall–Kier alpha value is -1.53. The fourth-order valence-corrected chi connectivity index (χ4v) is 3.21. The summed E-state index contributed by atoms with van der Waals surface area (Å²) in [6.07, 6.45) is 0. The van der Waals surface area contributed by atoms with Gasteiger partial charge in [0.25, 0.3) is 0 Å². The summed E-state index contributed by atoms with van der Waals surface area (Å²) >= 11 is 0. The van der Waals surface area contributed by atoms with E-state index < -0.39 is 0 Å². The van der Waals surface area contributed by atoms with Crippen LogP contribution in [0.2, 0.25) is 0 Å². The van der Waals surface area contributed by atoms with Gasteiger partial charge in [0, 0.05) is 26.2 Å². The van der Waals surface area contributed by atoms with Gasteiger partial charge >= 0.3 is 0 Å². The van der Waals surface area contributed by atoms with Crippen LogP contribution in [0, 0.1) is 30.1 Å². The van der Waals surface area contributed by atoms with Crippen LogP contribution in [0.4, 0.5) is 5.69 Å². The minimum atomic E-state index is 0.765. The van der Waals surface area contributed by atoms with E-state index in [1.165, 1.54) is 5.56 Å². The molecule has 2 aliphatic heterocycles. The predicted octanol–water partition coefficient (Wildman–Crippen LogP) is 1.52. The summed E-state index contributed by atoms with van der Waals surface area (Å²) in [7, 11) is 0. The van der Waals surface area contributed by atoms with E-state index in [2.05, 4.69) is 29.3 Å². The quantitative estimate of drug-likeness (QED) is 0.790. The Balaban J connectivity index is 1.93. The fourth-order valence-electron chi connectivity index (χ4n) is 3.21. The lowest BCUT2D eigenvalue weighted by Gasteiger charge is -2.23. The first kappa shape index (κ1) is 10.6. The van der Waals surface area contributed by atoms with Crippen LogP contribution >= 0.6 is 0 Å². The molecular weight excluding hydrogens is 210 g/mol. The van der Waals surface area contributed by atoms with E-state index >= 15 is 0 Å². The standard InChI is InChI=1S/C14H17N3/c1-10-3-2-4-11(5-15)14(10)17-8-12-6-16-7-13(12)9-17/h2-4,12-13,16H,6-9H2,1H3. The van der Waals surface area contributed by atoms with E-state index in [0.717, 1.165) is 49.3 Å². The van der Waals surface area contributed by atoms with Crippen LogP contribution < -0.4 is 10.2 Å². The Bertz CT molecular complexity index is 463. The molecule has 0 bridgehead atoms. The zero-order chi connectivity index (χ0) is 11.8. The summed E-state index contributed by atoms with van der Waals surface area (Å²) in [5, 5.41) is 12.7. The molecule has 88 valence electrons. The molecule has 2 aliphatic rings. The molecule has 0 aromatic heterocycles. The summed E-state index contributed by atoms with van der Waals surface area (Å²) in [6.45, 7) is 6.56. The van der Waals surface area contributed by atoms with E-state index in [4.69, 9.17) is 0 Å². The number of nitrogens with one attached hydrogen (secondary N) is 1. The molecular formula is C14H17N3. The minimum Gasteiger partial charge on any atom is -0.370 e. The van der Waals surface area contributed by atoms with Gasteiger partial charge in [-0.25, -0.2) is 0 Å². The molecule has 3 heteroatoms. The highest BCUT2D eigenvalue weighted by Crippen LogP contribution is 2.34. The molecule has 0 spiro atoms. The van der Waals surface area contributed by atoms with Crippen LogP contribution in [0.1, 0.15) is 11.1 Å². The van der Waals surface area contributed by atoms with Crippen molar-refractivity contribution in [3.05, 3.63) is 29.3 Å². The van der Waals surface area contributed by atoms with Gasteiger partial charge in [0.15, 0.2) is 0 Å². The monoisotopic (exact) mass is 227 g/mol. The van der Waals surface area contributed by atoms with Crippen LogP contribution in [0.3, 0.4) is 0 Å². The molecule has 0 radical (unpaired) electrons. The van der Waals surface area contributed by atoms with Crippen LogP contribution in [0.25, 0.3) is 0 Å². The average Bonchev–Trinajstić information content (AvgIpc) is 2.88. The molecule has 17 heavy (non-hydrogen) atoms. The van der Waals surface area contributed by atoms with Gasteiger partial charge in [-0.05, 0) is 30.4 Å². The number of nitriles is 1. The summed E-state index contributed by atoms with van der Waals surface area (Å²) in [4.78, 5) is 2.41. The number of nitrogens with zero attached hydrogens (tertiary/aromatic N) is 2. The van der Waals surface area contributed by atoms with Gasteiger partial charge in [0.1, 0.15) is 6.07 Å². The molecule has 1 N–H and O–H groups in total. The third-order valence-corrected chi connectivity index (χ3v) is 4.06. The van der Waals surface area contributed by atoms with E-state index in [0.29, 0.717) is 0 Å². The molecule has 2 atom stereocenters.